The summed E-state index contributed by atoms with van der Waals surface area (Å²) in [7, 11) is 0. The number of benzene rings is 3. The Morgan fingerprint density at radius 3 is 2.70 bits per heavy atom. The van der Waals surface area contributed by atoms with Gasteiger partial charge in [0.2, 0.25) is 0 Å². The normalized spacial score (nSPS) is 15.4. The topological polar surface area (TPSA) is 75.5 Å². The number of hydrogen-bond donors (Lipinski definition) is 1. The Morgan fingerprint density at radius 1 is 1.00 bits per heavy atom. The van der Waals surface area contributed by atoms with E-state index in [1.807, 2.05) is 6.33 Å². The molecule has 1 unspecified atom stereocenters. The van der Waals surface area contributed by atoms with E-state index >= 15 is 0 Å². The molecule has 0 spiro atoms. The summed E-state index contributed by atoms with van der Waals surface area (Å²) in [6.45, 7) is 7.14. The van der Waals surface area contributed by atoms with Gasteiger partial charge in [0.1, 0.15) is 6.33 Å². The van der Waals surface area contributed by atoms with Crippen molar-refractivity contribution in [1.29, 1.82) is 0 Å². The van der Waals surface area contributed by atoms with Crippen LogP contribution in [0.25, 0.3) is 16.7 Å². The second kappa shape index (κ2) is 7.55. The zero-order valence-corrected chi connectivity index (χ0v) is 18.9. The average Bonchev–Trinajstić information content (AvgIpc) is 3.45. The zero-order chi connectivity index (χ0) is 22.5. The molecule has 2 aromatic heterocycles. The molecule has 1 aliphatic heterocycles. The molecule has 33 heavy (non-hydrogen) atoms. The summed E-state index contributed by atoms with van der Waals surface area (Å²) >= 11 is 0. The summed E-state index contributed by atoms with van der Waals surface area (Å²) in [6, 6.07) is 19.7. The number of nitrogens with one attached hydrogen (secondary N) is 1. The number of para-hydroxylation sites is 1. The van der Waals surface area contributed by atoms with Crippen molar-refractivity contribution in [2.45, 2.75) is 39.7 Å². The summed E-state index contributed by atoms with van der Waals surface area (Å²) in [4.78, 5) is 6.98. The summed E-state index contributed by atoms with van der Waals surface area (Å²) in [6.07, 6.45) is 2.90. The Labute approximate surface area is 192 Å². The van der Waals surface area contributed by atoms with Gasteiger partial charge in [0.25, 0.3) is 0 Å². The standard InChI is InChI=1S/C26H25N7/c1-16-11-22-25(12-17(16)2)33(15-27-22)20-8-9-24-21(13-20)18(3)10-19-6-4-5-7-23(19)32(24)14-26-28-30-31-29-26/h4-9,11-13,15,18H,10,14H2,1-3H3,(H,28,29,30,31). The molecule has 1 N–H and O–H groups in total. The number of fused-ring (bicyclic) bond motifs is 3. The lowest BCUT2D eigenvalue weighted by Gasteiger charge is -2.26. The molecule has 7 nitrogen and oxygen atoms in total. The Kier molecular flexibility index (Phi) is 4.50. The van der Waals surface area contributed by atoms with Gasteiger partial charge in [0.05, 0.1) is 17.6 Å². The molecule has 3 heterocycles. The molecule has 1 atom stereocenters. The first kappa shape index (κ1) is 19.7. The summed E-state index contributed by atoms with van der Waals surface area (Å²) < 4.78 is 2.19. The number of hydrogen-bond acceptors (Lipinski definition) is 5. The summed E-state index contributed by atoms with van der Waals surface area (Å²) in [5.41, 5.74) is 10.8. The van der Waals surface area contributed by atoms with Crippen LogP contribution >= 0.6 is 0 Å². The highest BCUT2D eigenvalue weighted by Crippen LogP contribution is 2.42. The molecule has 164 valence electrons. The van der Waals surface area contributed by atoms with E-state index in [4.69, 9.17) is 0 Å². The lowest BCUT2D eigenvalue weighted by molar-refractivity contribution is 0.767. The van der Waals surface area contributed by atoms with Gasteiger partial charge in [-0.1, -0.05) is 30.3 Å². The van der Waals surface area contributed by atoms with Gasteiger partial charge in [0.15, 0.2) is 5.82 Å². The van der Waals surface area contributed by atoms with E-state index < -0.39 is 0 Å². The Balaban J connectivity index is 1.51. The van der Waals surface area contributed by atoms with Crippen molar-refractivity contribution in [3.05, 3.63) is 89.0 Å². The minimum atomic E-state index is 0.357. The highest BCUT2D eigenvalue weighted by Gasteiger charge is 2.26. The number of imidazole rings is 1. The largest absolute Gasteiger partial charge is 0.333 e. The van der Waals surface area contributed by atoms with Crippen LogP contribution in [0.15, 0.2) is 60.9 Å². The molecule has 0 amide bonds. The van der Waals surface area contributed by atoms with Crippen LogP contribution < -0.4 is 4.90 Å². The van der Waals surface area contributed by atoms with E-state index in [0.29, 0.717) is 18.3 Å². The summed E-state index contributed by atoms with van der Waals surface area (Å²) in [5, 5.41) is 14.8. The molecule has 0 bridgehead atoms. The molecule has 0 aliphatic carbocycles. The van der Waals surface area contributed by atoms with E-state index in [9.17, 15) is 0 Å². The maximum absolute atomic E-state index is 4.67. The zero-order valence-electron chi connectivity index (χ0n) is 18.9. The lowest BCUT2D eigenvalue weighted by Crippen LogP contribution is -2.19. The van der Waals surface area contributed by atoms with E-state index in [-0.39, 0.29) is 0 Å². The first-order valence-corrected chi connectivity index (χ1v) is 11.2. The van der Waals surface area contributed by atoms with Crippen LogP contribution in [0.3, 0.4) is 0 Å². The third kappa shape index (κ3) is 3.28. The Hall–Kier alpha value is -4.00. The fraction of sp³-hybridized carbons (Fsp3) is 0.231. The number of tetrazole rings is 1. The van der Waals surface area contributed by atoms with Gasteiger partial charge in [-0.15, -0.1) is 10.2 Å². The quantitative estimate of drug-likeness (QED) is 0.424. The van der Waals surface area contributed by atoms with Crippen molar-refractivity contribution in [3.63, 3.8) is 0 Å². The van der Waals surface area contributed by atoms with Crippen molar-refractivity contribution < 1.29 is 0 Å². The van der Waals surface area contributed by atoms with Crippen molar-refractivity contribution in [2.75, 3.05) is 4.90 Å². The second-order valence-corrected chi connectivity index (χ2v) is 8.93. The molecular formula is C26H25N7. The molecule has 1 aliphatic rings. The second-order valence-electron chi connectivity index (χ2n) is 8.93. The SMILES string of the molecule is Cc1cc2ncn(-c3ccc4c(c3)C(C)Cc3ccccc3N4Cc3nn[nH]n3)c2cc1C. The molecule has 0 saturated heterocycles. The van der Waals surface area contributed by atoms with Gasteiger partial charge in [-0.2, -0.15) is 5.21 Å². The lowest BCUT2D eigenvalue weighted by atomic mass is 9.93. The van der Waals surface area contributed by atoms with E-state index in [0.717, 1.165) is 23.1 Å². The number of rotatable bonds is 3. The van der Waals surface area contributed by atoms with Gasteiger partial charge in [-0.25, -0.2) is 4.98 Å². The fourth-order valence-corrected chi connectivity index (χ4v) is 4.88. The maximum atomic E-state index is 4.67. The van der Waals surface area contributed by atoms with Crippen LogP contribution in [0, 0.1) is 13.8 Å². The number of aromatic nitrogens is 6. The number of anilines is 2. The molecule has 0 saturated carbocycles. The van der Waals surface area contributed by atoms with E-state index in [2.05, 4.69) is 110 Å². The predicted octanol–water partition coefficient (Wildman–Crippen LogP) is 5.15. The van der Waals surface area contributed by atoms with Gasteiger partial charge in [0, 0.05) is 17.1 Å². The Morgan fingerprint density at radius 2 is 1.85 bits per heavy atom. The molecule has 7 heteroatoms. The monoisotopic (exact) mass is 435 g/mol. The van der Waals surface area contributed by atoms with Gasteiger partial charge in [-0.05, 0) is 84.8 Å². The Bertz CT molecular complexity index is 1470. The molecule has 3 aromatic carbocycles. The molecule has 0 radical (unpaired) electrons. The van der Waals surface area contributed by atoms with Crippen LogP contribution in [-0.4, -0.2) is 30.2 Å². The number of H-pyrrole nitrogens is 1. The highest BCUT2D eigenvalue weighted by molar-refractivity contribution is 5.80. The first-order chi connectivity index (χ1) is 16.1. The minimum Gasteiger partial charge on any atom is -0.333 e. The number of aryl methyl sites for hydroxylation is 2. The van der Waals surface area contributed by atoms with Crippen LogP contribution in [0.2, 0.25) is 0 Å². The van der Waals surface area contributed by atoms with E-state index in [1.165, 1.54) is 33.6 Å². The minimum absolute atomic E-state index is 0.357. The third-order valence-corrected chi connectivity index (χ3v) is 6.77. The predicted molar refractivity (Wildman–Crippen MR) is 129 cm³/mol. The van der Waals surface area contributed by atoms with Crippen molar-refractivity contribution in [1.82, 2.24) is 30.2 Å². The van der Waals surface area contributed by atoms with Crippen LogP contribution in [0.4, 0.5) is 11.4 Å². The van der Waals surface area contributed by atoms with Gasteiger partial charge in [-0.3, -0.25) is 4.57 Å². The molecule has 0 fully saturated rings. The van der Waals surface area contributed by atoms with Crippen molar-refractivity contribution >= 4 is 22.4 Å². The number of nitrogens with zero attached hydrogens (tertiary/aromatic N) is 6. The van der Waals surface area contributed by atoms with Crippen molar-refractivity contribution in [3.8, 4) is 5.69 Å². The van der Waals surface area contributed by atoms with Crippen LogP contribution in [0.5, 0.6) is 0 Å². The van der Waals surface area contributed by atoms with Gasteiger partial charge >= 0.3 is 0 Å². The fourth-order valence-electron chi connectivity index (χ4n) is 4.88. The smallest absolute Gasteiger partial charge is 0.194 e. The number of aromatic amines is 1. The van der Waals surface area contributed by atoms with Crippen LogP contribution in [-0.2, 0) is 13.0 Å². The van der Waals surface area contributed by atoms with E-state index in [1.54, 1.807) is 0 Å². The molecule has 6 rings (SSSR count). The highest BCUT2D eigenvalue weighted by atomic mass is 15.5. The summed E-state index contributed by atoms with van der Waals surface area (Å²) in [5.74, 6) is 1.02. The first-order valence-electron chi connectivity index (χ1n) is 11.2. The average molecular weight is 436 g/mol. The third-order valence-electron chi connectivity index (χ3n) is 6.77. The van der Waals surface area contributed by atoms with Crippen molar-refractivity contribution in [2.24, 2.45) is 0 Å². The van der Waals surface area contributed by atoms with Gasteiger partial charge < -0.3 is 4.90 Å². The maximum Gasteiger partial charge on any atom is 0.194 e. The molecule has 5 aromatic rings. The molecular weight excluding hydrogens is 410 g/mol. The van der Waals surface area contributed by atoms with Crippen LogP contribution in [0.1, 0.15) is 40.9 Å².